The Morgan fingerprint density at radius 2 is 1.76 bits per heavy atom. The summed E-state index contributed by atoms with van der Waals surface area (Å²) in [6.07, 6.45) is 0. The molecule has 2 aromatic heterocycles. The standard InChI is InChI=1S/C18H15N3/c1-11-6-5-9-16-17(11)21-18(20-16)14-10-12(2)19-15-8-4-3-7-13(14)15/h3-10H,1-2H3,(H,20,21). The fraction of sp³-hybridized carbons (Fsp3) is 0.111. The molecule has 1 N–H and O–H groups in total. The first kappa shape index (κ1) is 12.1. The number of rotatable bonds is 1. The minimum absolute atomic E-state index is 0.904. The lowest BCUT2D eigenvalue weighted by Gasteiger charge is -2.05. The Balaban J connectivity index is 2.06. The van der Waals surface area contributed by atoms with Crippen LogP contribution in [-0.2, 0) is 0 Å². The topological polar surface area (TPSA) is 41.6 Å². The zero-order valence-electron chi connectivity index (χ0n) is 12.0. The van der Waals surface area contributed by atoms with Gasteiger partial charge >= 0.3 is 0 Å². The molecule has 0 unspecified atom stereocenters. The van der Waals surface area contributed by atoms with Crippen LogP contribution in [-0.4, -0.2) is 15.0 Å². The molecule has 0 saturated heterocycles. The van der Waals surface area contributed by atoms with Gasteiger partial charge in [0.05, 0.1) is 16.6 Å². The van der Waals surface area contributed by atoms with Gasteiger partial charge in [0, 0.05) is 16.6 Å². The molecule has 102 valence electrons. The van der Waals surface area contributed by atoms with Crippen LogP contribution in [0.5, 0.6) is 0 Å². The number of imidazole rings is 1. The van der Waals surface area contributed by atoms with Gasteiger partial charge in [-0.15, -0.1) is 0 Å². The lowest BCUT2D eigenvalue weighted by atomic mass is 10.1. The summed E-state index contributed by atoms with van der Waals surface area (Å²) in [4.78, 5) is 12.8. The number of aromatic nitrogens is 3. The summed E-state index contributed by atoms with van der Waals surface area (Å²) in [5.41, 5.74) is 6.40. The van der Waals surface area contributed by atoms with E-state index >= 15 is 0 Å². The van der Waals surface area contributed by atoms with Crippen LogP contribution < -0.4 is 0 Å². The van der Waals surface area contributed by atoms with Crippen molar-refractivity contribution in [3.8, 4) is 11.4 Å². The molecule has 0 atom stereocenters. The molecule has 0 radical (unpaired) electrons. The predicted octanol–water partition coefficient (Wildman–Crippen LogP) is 4.39. The molecule has 3 nitrogen and oxygen atoms in total. The van der Waals surface area contributed by atoms with Crippen LogP contribution in [0, 0.1) is 13.8 Å². The number of aromatic amines is 1. The lowest BCUT2D eigenvalue weighted by Crippen LogP contribution is -1.89. The Morgan fingerprint density at radius 3 is 2.62 bits per heavy atom. The van der Waals surface area contributed by atoms with Crippen molar-refractivity contribution in [2.75, 3.05) is 0 Å². The van der Waals surface area contributed by atoms with Gasteiger partial charge in [-0.25, -0.2) is 4.98 Å². The number of nitrogens with one attached hydrogen (secondary N) is 1. The van der Waals surface area contributed by atoms with E-state index in [1.54, 1.807) is 0 Å². The van der Waals surface area contributed by atoms with E-state index in [0.717, 1.165) is 39.0 Å². The number of nitrogens with zero attached hydrogens (tertiary/aromatic N) is 2. The summed E-state index contributed by atoms with van der Waals surface area (Å²) in [6.45, 7) is 4.10. The van der Waals surface area contributed by atoms with Gasteiger partial charge in [-0.05, 0) is 37.6 Å². The highest BCUT2D eigenvalue weighted by Crippen LogP contribution is 2.28. The largest absolute Gasteiger partial charge is 0.338 e. The number of fused-ring (bicyclic) bond motifs is 2. The van der Waals surface area contributed by atoms with Crippen molar-refractivity contribution in [2.24, 2.45) is 0 Å². The molecule has 2 aromatic carbocycles. The van der Waals surface area contributed by atoms with Crippen molar-refractivity contribution in [1.82, 2.24) is 15.0 Å². The third-order valence-electron chi connectivity index (χ3n) is 3.81. The van der Waals surface area contributed by atoms with Crippen LogP contribution in [0.3, 0.4) is 0 Å². The maximum atomic E-state index is 4.79. The quantitative estimate of drug-likeness (QED) is 0.558. The first-order chi connectivity index (χ1) is 10.2. The Labute approximate surface area is 122 Å². The Bertz CT molecular complexity index is 967. The Hall–Kier alpha value is -2.68. The number of H-pyrrole nitrogens is 1. The van der Waals surface area contributed by atoms with Crippen LogP contribution >= 0.6 is 0 Å². The highest BCUT2D eigenvalue weighted by molar-refractivity contribution is 5.95. The molecule has 0 bridgehead atoms. The number of pyridine rings is 1. The summed E-state index contributed by atoms with van der Waals surface area (Å²) >= 11 is 0. The molecule has 0 fully saturated rings. The van der Waals surface area contributed by atoms with Crippen molar-refractivity contribution < 1.29 is 0 Å². The maximum Gasteiger partial charge on any atom is 0.139 e. The van der Waals surface area contributed by atoms with E-state index in [0.29, 0.717) is 0 Å². The average Bonchev–Trinajstić information content (AvgIpc) is 2.92. The van der Waals surface area contributed by atoms with Crippen molar-refractivity contribution in [3.63, 3.8) is 0 Å². The minimum Gasteiger partial charge on any atom is -0.338 e. The third-order valence-corrected chi connectivity index (χ3v) is 3.81. The summed E-state index contributed by atoms with van der Waals surface area (Å²) in [5, 5.41) is 1.12. The van der Waals surface area contributed by atoms with Gasteiger partial charge < -0.3 is 4.98 Å². The number of benzene rings is 2. The van der Waals surface area contributed by atoms with Crippen molar-refractivity contribution in [2.45, 2.75) is 13.8 Å². The molecule has 0 spiro atoms. The Morgan fingerprint density at radius 1 is 0.905 bits per heavy atom. The van der Waals surface area contributed by atoms with Crippen molar-refractivity contribution in [1.29, 1.82) is 0 Å². The van der Waals surface area contributed by atoms with Crippen LogP contribution in [0.25, 0.3) is 33.3 Å². The van der Waals surface area contributed by atoms with Gasteiger partial charge in [-0.1, -0.05) is 30.3 Å². The number of hydrogen-bond acceptors (Lipinski definition) is 2. The molecular weight excluding hydrogens is 258 g/mol. The van der Waals surface area contributed by atoms with Gasteiger partial charge in [0.15, 0.2) is 0 Å². The molecule has 4 rings (SSSR count). The van der Waals surface area contributed by atoms with Gasteiger partial charge in [0.25, 0.3) is 0 Å². The summed E-state index contributed by atoms with van der Waals surface area (Å²) in [5.74, 6) is 0.904. The van der Waals surface area contributed by atoms with E-state index in [-0.39, 0.29) is 0 Å². The molecule has 3 heteroatoms. The summed E-state index contributed by atoms with van der Waals surface area (Å²) in [6, 6.07) is 16.5. The summed E-state index contributed by atoms with van der Waals surface area (Å²) in [7, 11) is 0. The van der Waals surface area contributed by atoms with Crippen molar-refractivity contribution in [3.05, 3.63) is 59.8 Å². The fourth-order valence-corrected chi connectivity index (χ4v) is 2.81. The normalized spacial score (nSPS) is 11.3. The molecule has 0 aliphatic heterocycles. The smallest absolute Gasteiger partial charge is 0.139 e. The molecule has 0 aliphatic carbocycles. The second-order valence-electron chi connectivity index (χ2n) is 5.38. The molecule has 0 saturated carbocycles. The first-order valence-electron chi connectivity index (χ1n) is 7.04. The van der Waals surface area contributed by atoms with Crippen LogP contribution in [0.4, 0.5) is 0 Å². The number of para-hydroxylation sites is 2. The van der Waals surface area contributed by atoms with Crippen molar-refractivity contribution >= 4 is 21.9 Å². The molecule has 2 heterocycles. The van der Waals surface area contributed by atoms with E-state index in [4.69, 9.17) is 4.98 Å². The van der Waals surface area contributed by atoms with Crippen LogP contribution in [0.15, 0.2) is 48.5 Å². The van der Waals surface area contributed by atoms with Crippen LogP contribution in [0.1, 0.15) is 11.3 Å². The highest BCUT2D eigenvalue weighted by atomic mass is 14.9. The van der Waals surface area contributed by atoms with Gasteiger partial charge in [0.2, 0.25) is 0 Å². The molecule has 0 aliphatic rings. The molecule has 0 amide bonds. The SMILES string of the molecule is Cc1cc(-c2nc3c(C)cccc3[nH]2)c2ccccc2n1. The fourth-order valence-electron chi connectivity index (χ4n) is 2.81. The molecular formula is C18H15N3. The monoisotopic (exact) mass is 273 g/mol. The molecule has 21 heavy (non-hydrogen) atoms. The highest BCUT2D eigenvalue weighted by Gasteiger charge is 2.11. The van der Waals surface area contributed by atoms with E-state index in [9.17, 15) is 0 Å². The zero-order chi connectivity index (χ0) is 14.4. The van der Waals surface area contributed by atoms with E-state index < -0.39 is 0 Å². The summed E-state index contributed by atoms with van der Waals surface area (Å²) < 4.78 is 0. The number of hydrogen-bond donors (Lipinski definition) is 1. The second-order valence-corrected chi connectivity index (χ2v) is 5.38. The van der Waals surface area contributed by atoms with E-state index in [1.165, 1.54) is 5.56 Å². The van der Waals surface area contributed by atoms with E-state index in [1.807, 2.05) is 25.1 Å². The maximum absolute atomic E-state index is 4.79. The second kappa shape index (κ2) is 4.42. The van der Waals surface area contributed by atoms with Gasteiger partial charge in [-0.3, -0.25) is 4.98 Å². The zero-order valence-corrected chi connectivity index (χ0v) is 12.0. The predicted molar refractivity (Wildman–Crippen MR) is 86.3 cm³/mol. The Kier molecular flexibility index (Phi) is 2.54. The first-order valence-corrected chi connectivity index (χ1v) is 7.04. The minimum atomic E-state index is 0.904. The molecule has 4 aromatic rings. The third kappa shape index (κ3) is 1.89. The van der Waals surface area contributed by atoms with Crippen LogP contribution in [0.2, 0.25) is 0 Å². The van der Waals surface area contributed by atoms with Gasteiger partial charge in [0.1, 0.15) is 5.82 Å². The van der Waals surface area contributed by atoms with Gasteiger partial charge in [-0.2, -0.15) is 0 Å². The van der Waals surface area contributed by atoms with E-state index in [2.05, 4.69) is 47.2 Å². The number of aryl methyl sites for hydroxylation is 2. The average molecular weight is 273 g/mol. The lowest BCUT2D eigenvalue weighted by molar-refractivity contribution is 1.24.